The number of hydrogen-bond acceptors (Lipinski definition) is 6. The topological polar surface area (TPSA) is 70.4 Å². The van der Waals surface area contributed by atoms with E-state index in [0.717, 1.165) is 35.7 Å². The lowest BCUT2D eigenvalue weighted by atomic mass is 10.0. The molecular formula is C26H30ClN7. The Morgan fingerprint density at radius 1 is 1.09 bits per heavy atom. The van der Waals surface area contributed by atoms with Gasteiger partial charge in [-0.25, -0.2) is 15.0 Å². The van der Waals surface area contributed by atoms with Crippen LogP contribution in [0, 0.1) is 6.92 Å². The number of nitrogens with one attached hydrogen (secondary N) is 2. The van der Waals surface area contributed by atoms with E-state index in [1.807, 2.05) is 42.0 Å². The number of fused-ring (bicyclic) bond motifs is 1. The fourth-order valence-electron chi connectivity index (χ4n) is 4.49. The molecule has 0 bridgehead atoms. The van der Waals surface area contributed by atoms with Crippen LogP contribution in [0.1, 0.15) is 36.9 Å². The van der Waals surface area contributed by atoms with Crippen LogP contribution >= 0.6 is 11.6 Å². The highest BCUT2D eigenvalue weighted by Gasteiger charge is 2.17. The van der Waals surface area contributed by atoms with Crippen LogP contribution in [0.25, 0.3) is 17.0 Å². The van der Waals surface area contributed by atoms with E-state index in [2.05, 4.69) is 63.7 Å². The number of halogens is 1. The van der Waals surface area contributed by atoms with Gasteiger partial charge < -0.3 is 15.5 Å². The van der Waals surface area contributed by atoms with Crippen LogP contribution in [-0.4, -0.2) is 50.4 Å². The van der Waals surface area contributed by atoms with Gasteiger partial charge in [0.15, 0.2) is 5.65 Å². The summed E-state index contributed by atoms with van der Waals surface area (Å²) in [6, 6.07) is 12.9. The molecule has 8 heteroatoms. The smallest absolute Gasteiger partial charge is 0.223 e. The Bertz CT molecular complexity index is 1290. The molecule has 1 fully saturated rings. The number of hydrogen-bond donors (Lipinski definition) is 2. The quantitative estimate of drug-likeness (QED) is 0.387. The molecule has 1 saturated heterocycles. The summed E-state index contributed by atoms with van der Waals surface area (Å²) in [5.41, 5.74) is 5.76. The van der Waals surface area contributed by atoms with Crippen molar-refractivity contribution in [1.29, 1.82) is 0 Å². The van der Waals surface area contributed by atoms with E-state index < -0.39 is 0 Å². The number of likely N-dealkylation sites (tertiary alicyclic amines) is 1. The number of aromatic nitrogens is 4. The highest BCUT2D eigenvalue weighted by molar-refractivity contribution is 6.33. The summed E-state index contributed by atoms with van der Waals surface area (Å²) >= 11 is 6.31. The summed E-state index contributed by atoms with van der Waals surface area (Å²) in [6.45, 7) is 6.42. The highest BCUT2D eigenvalue weighted by atomic mass is 35.5. The predicted molar refractivity (Wildman–Crippen MR) is 139 cm³/mol. The Morgan fingerprint density at radius 3 is 2.74 bits per heavy atom. The molecule has 0 amide bonds. The molecule has 1 aliphatic rings. The van der Waals surface area contributed by atoms with Crippen molar-refractivity contribution >= 4 is 28.9 Å². The zero-order chi connectivity index (χ0) is 23.7. The van der Waals surface area contributed by atoms with Crippen LogP contribution in [0.15, 0.2) is 55.0 Å². The SMILES string of the molecule is Cc1cnc(N[C@@H](C)c2cccc(NC3CCN(C)CC3)c2)nc1-c1cnc2c(Cl)cccn12. The van der Waals surface area contributed by atoms with Crippen LogP contribution in [0.5, 0.6) is 0 Å². The number of aryl methyl sites for hydroxylation is 1. The standard InChI is InChI=1S/C26H30ClN7/c1-17-15-29-26(32-24(17)23-16-28-25-22(27)8-5-11-34(23)25)30-18(2)19-6-4-7-21(14-19)31-20-9-12-33(3)13-10-20/h4-8,11,14-16,18,20,31H,9-10,12-13H2,1-3H3,(H,29,30,32)/t18-/m0/s1. The normalized spacial score (nSPS) is 16.0. The van der Waals surface area contributed by atoms with Crippen molar-refractivity contribution in [3.8, 4) is 11.4 Å². The first-order valence-electron chi connectivity index (χ1n) is 11.7. The summed E-state index contributed by atoms with van der Waals surface area (Å²) < 4.78 is 1.96. The van der Waals surface area contributed by atoms with E-state index in [1.165, 1.54) is 18.4 Å². The molecule has 1 atom stereocenters. The molecule has 4 heterocycles. The maximum atomic E-state index is 6.31. The van der Waals surface area contributed by atoms with Crippen molar-refractivity contribution in [3.05, 3.63) is 71.1 Å². The number of pyridine rings is 1. The van der Waals surface area contributed by atoms with Crippen LogP contribution < -0.4 is 10.6 Å². The van der Waals surface area contributed by atoms with E-state index in [1.54, 1.807) is 0 Å². The monoisotopic (exact) mass is 475 g/mol. The molecule has 3 aromatic heterocycles. The predicted octanol–water partition coefficient (Wildman–Crippen LogP) is 5.43. The van der Waals surface area contributed by atoms with Crippen molar-refractivity contribution < 1.29 is 0 Å². The first-order chi connectivity index (χ1) is 16.5. The summed E-state index contributed by atoms with van der Waals surface area (Å²) in [5, 5.41) is 7.79. The maximum absolute atomic E-state index is 6.31. The number of anilines is 2. The van der Waals surface area contributed by atoms with E-state index in [0.29, 0.717) is 22.7 Å². The summed E-state index contributed by atoms with van der Waals surface area (Å²) in [6.07, 6.45) is 7.94. The van der Waals surface area contributed by atoms with Crippen molar-refractivity contribution in [2.75, 3.05) is 30.8 Å². The largest absolute Gasteiger partial charge is 0.382 e. The van der Waals surface area contributed by atoms with Gasteiger partial charge in [-0.05, 0) is 82.2 Å². The summed E-state index contributed by atoms with van der Waals surface area (Å²) in [4.78, 5) is 16.2. The minimum atomic E-state index is 0.0476. The lowest BCUT2D eigenvalue weighted by molar-refractivity contribution is 0.264. The van der Waals surface area contributed by atoms with Crippen LogP contribution in [-0.2, 0) is 0 Å². The molecule has 7 nitrogen and oxygen atoms in total. The van der Waals surface area contributed by atoms with Crippen LogP contribution in [0.2, 0.25) is 5.02 Å². The molecule has 5 rings (SSSR count). The molecular weight excluding hydrogens is 446 g/mol. The average molecular weight is 476 g/mol. The zero-order valence-electron chi connectivity index (χ0n) is 19.8. The molecule has 0 radical (unpaired) electrons. The van der Waals surface area contributed by atoms with Crippen molar-refractivity contribution in [1.82, 2.24) is 24.3 Å². The number of piperidine rings is 1. The second kappa shape index (κ2) is 9.60. The van der Waals surface area contributed by atoms with Gasteiger partial charge in [0.2, 0.25) is 5.95 Å². The highest BCUT2D eigenvalue weighted by Crippen LogP contribution is 2.27. The average Bonchev–Trinajstić information content (AvgIpc) is 3.27. The summed E-state index contributed by atoms with van der Waals surface area (Å²) in [5.74, 6) is 0.582. The third-order valence-corrected chi connectivity index (χ3v) is 6.82. The minimum absolute atomic E-state index is 0.0476. The second-order valence-electron chi connectivity index (χ2n) is 9.13. The minimum Gasteiger partial charge on any atom is -0.382 e. The Balaban J connectivity index is 1.34. The van der Waals surface area contributed by atoms with E-state index in [-0.39, 0.29) is 6.04 Å². The second-order valence-corrected chi connectivity index (χ2v) is 9.54. The van der Waals surface area contributed by atoms with E-state index >= 15 is 0 Å². The fraction of sp³-hybridized carbons (Fsp3) is 0.346. The van der Waals surface area contributed by atoms with Crippen molar-refractivity contribution in [2.24, 2.45) is 0 Å². The number of benzene rings is 1. The van der Waals surface area contributed by atoms with Gasteiger partial charge in [0.05, 0.1) is 28.6 Å². The van der Waals surface area contributed by atoms with Crippen molar-refractivity contribution in [2.45, 2.75) is 38.8 Å². The molecule has 0 spiro atoms. The molecule has 1 aliphatic heterocycles. The molecule has 0 unspecified atom stereocenters. The fourth-order valence-corrected chi connectivity index (χ4v) is 4.70. The Morgan fingerprint density at radius 2 is 1.91 bits per heavy atom. The molecule has 0 saturated carbocycles. The zero-order valence-corrected chi connectivity index (χ0v) is 20.5. The molecule has 1 aromatic carbocycles. The Kier molecular flexibility index (Phi) is 6.39. The third-order valence-electron chi connectivity index (χ3n) is 6.52. The van der Waals surface area contributed by atoms with Gasteiger partial charge in [-0.2, -0.15) is 0 Å². The van der Waals surface area contributed by atoms with Crippen LogP contribution in [0.3, 0.4) is 0 Å². The summed E-state index contributed by atoms with van der Waals surface area (Å²) in [7, 11) is 2.19. The number of imidazole rings is 1. The lowest BCUT2D eigenvalue weighted by Crippen LogP contribution is -2.36. The Labute approximate surface area is 205 Å². The van der Waals surface area contributed by atoms with Gasteiger partial charge in [-0.15, -0.1) is 0 Å². The van der Waals surface area contributed by atoms with Gasteiger partial charge in [0.1, 0.15) is 0 Å². The molecule has 0 aliphatic carbocycles. The van der Waals surface area contributed by atoms with Gasteiger partial charge in [0.25, 0.3) is 0 Å². The number of rotatable bonds is 6. The molecule has 4 aromatic rings. The van der Waals surface area contributed by atoms with E-state index in [4.69, 9.17) is 16.6 Å². The third kappa shape index (κ3) is 4.72. The number of nitrogens with zero attached hydrogens (tertiary/aromatic N) is 5. The maximum Gasteiger partial charge on any atom is 0.223 e. The van der Waals surface area contributed by atoms with Gasteiger partial charge in [0, 0.05) is 24.1 Å². The molecule has 34 heavy (non-hydrogen) atoms. The first-order valence-corrected chi connectivity index (χ1v) is 12.1. The van der Waals surface area contributed by atoms with Crippen LogP contribution in [0.4, 0.5) is 11.6 Å². The van der Waals surface area contributed by atoms with Gasteiger partial charge >= 0.3 is 0 Å². The van der Waals surface area contributed by atoms with E-state index in [9.17, 15) is 0 Å². The Hall–Kier alpha value is -3.16. The first kappa shape index (κ1) is 22.6. The lowest BCUT2D eigenvalue weighted by Gasteiger charge is -2.30. The molecule has 176 valence electrons. The molecule has 2 N–H and O–H groups in total. The van der Waals surface area contributed by atoms with Crippen molar-refractivity contribution in [3.63, 3.8) is 0 Å². The van der Waals surface area contributed by atoms with Gasteiger partial charge in [-0.3, -0.25) is 4.40 Å². The van der Waals surface area contributed by atoms with Gasteiger partial charge in [-0.1, -0.05) is 23.7 Å².